The van der Waals surface area contributed by atoms with E-state index in [-0.39, 0.29) is 11.1 Å². The number of rotatable bonds is 3. The van der Waals surface area contributed by atoms with Gasteiger partial charge in [0, 0.05) is 20.0 Å². The molecule has 0 amide bonds. The molecule has 0 aromatic heterocycles. The lowest BCUT2D eigenvalue weighted by atomic mass is 9.79. The zero-order valence-electron chi connectivity index (χ0n) is 10.5. The maximum Gasteiger partial charge on any atom is 0.142 e. The van der Waals surface area contributed by atoms with Gasteiger partial charge in [-0.2, -0.15) is 0 Å². The van der Waals surface area contributed by atoms with Gasteiger partial charge in [-0.05, 0) is 30.9 Å². The Kier molecular flexibility index (Phi) is 4.25. The summed E-state index contributed by atoms with van der Waals surface area (Å²) in [6, 6.07) is 4.71. The molecule has 1 aliphatic carbocycles. The highest BCUT2D eigenvalue weighted by atomic mass is 35.5. The van der Waals surface area contributed by atoms with Gasteiger partial charge in [-0.25, -0.2) is 4.39 Å². The predicted octanol–water partition coefficient (Wildman–Crippen LogP) is 3.34. The minimum atomic E-state index is -0.837. The molecule has 4 heteroatoms. The van der Waals surface area contributed by atoms with Gasteiger partial charge in [-0.3, -0.25) is 0 Å². The third kappa shape index (κ3) is 3.02. The van der Waals surface area contributed by atoms with Gasteiger partial charge in [0.15, 0.2) is 0 Å². The summed E-state index contributed by atoms with van der Waals surface area (Å²) in [5.74, 6) is -0.433. The van der Waals surface area contributed by atoms with Crippen LogP contribution >= 0.6 is 11.6 Å². The minimum Gasteiger partial charge on any atom is -0.389 e. The average Bonchev–Trinajstić information content (AvgIpc) is 2.35. The Morgan fingerprint density at radius 3 is 3.06 bits per heavy atom. The SMILES string of the molecule is COC1CCCC(O)(Cc2cccc(F)c2Cl)C1. The van der Waals surface area contributed by atoms with Crippen molar-refractivity contribution in [3.05, 3.63) is 34.6 Å². The van der Waals surface area contributed by atoms with Crippen molar-refractivity contribution in [2.24, 2.45) is 0 Å². The van der Waals surface area contributed by atoms with Crippen LogP contribution < -0.4 is 0 Å². The van der Waals surface area contributed by atoms with Gasteiger partial charge in [0.25, 0.3) is 0 Å². The first-order valence-corrected chi connectivity index (χ1v) is 6.60. The van der Waals surface area contributed by atoms with E-state index in [2.05, 4.69) is 0 Å². The molecule has 2 unspecified atom stereocenters. The van der Waals surface area contributed by atoms with Gasteiger partial charge in [0.2, 0.25) is 0 Å². The minimum absolute atomic E-state index is 0.0797. The van der Waals surface area contributed by atoms with Crippen molar-refractivity contribution < 1.29 is 14.2 Å². The molecule has 1 aromatic carbocycles. The molecule has 1 aromatic rings. The van der Waals surface area contributed by atoms with Crippen LogP contribution in [0.15, 0.2) is 18.2 Å². The number of halogens is 2. The molecular formula is C14H18ClFO2. The van der Waals surface area contributed by atoms with Crippen molar-refractivity contribution in [1.29, 1.82) is 0 Å². The lowest BCUT2D eigenvalue weighted by Crippen LogP contribution is -2.40. The van der Waals surface area contributed by atoms with E-state index in [4.69, 9.17) is 16.3 Å². The van der Waals surface area contributed by atoms with E-state index >= 15 is 0 Å². The summed E-state index contributed by atoms with van der Waals surface area (Å²) in [6.45, 7) is 0. The van der Waals surface area contributed by atoms with Gasteiger partial charge >= 0.3 is 0 Å². The Hall–Kier alpha value is -0.640. The first kappa shape index (κ1) is 13.8. The topological polar surface area (TPSA) is 29.5 Å². The van der Waals surface area contributed by atoms with Gasteiger partial charge in [0.1, 0.15) is 5.82 Å². The van der Waals surface area contributed by atoms with Crippen LogP contribution in [0.5, 0.6) is 0 Å². The number of benzene rings is 1. The smallest absolute Gasteiger partial charge is 0.142 e. The second kappa shape index (κ2) is 5.55. The second-order valence-corrected chi connectivity index (χ2v) is 5.45. The average molecular weight is 273 g/mol. The van der Waals surface area contributed by atoms with Gasteiger partial charge < -0.3 is 9.84 Å². The Morgan fingerprint density at radius 1 is 1.56 bits per heavy atom. The van der Waals surface area contributed by atoms with Gasteiger partial charge in [-0.1, -0.05) is 23.7 Å². The molecule has 1 saturated carbocycles. The number of hydrogen-bond acceptors (Lipinski definition) is 2. The van der Waals surface area contributed by atoms with E-state index in [1.165, 1.54) is 6.07 Å². The number of hydrogen-bond donors (Lipinski definition) is 1. The molecule has 0 saturated heterocycles. The maximum absolute atomic E-state index is 13.4. The van der Waals surface area contributed by atoms with E-state index in [0.29, 0.717) is 24.8 Å². The van der Waals surface area contributed by atoms with Crippen molar-refractivity contribution in [1.82, 2.24) is 0 Å². The van der Waals surface area contributed by atoms with Crippen molar-refractivity contribution in [3.63, 3.8) is 0 Å². The molecule has 100 valence electrons. The van der Waals surface area contributed by atoms with Crippen molar-refractivity contribution in [3.8, 4) is 0 Å². The quantitative estimate of drug-likeness (QED) is 0.914. The van der Waals surface area contributed by atoms with Crippen LogP contribution in [0.3, 0.4) is 0 Å². The maximum atomic E-state index is 13.4. The third-order valence-corrected chi connectivity index (χ3v) is 4.08. The van der Waals surface area contributed by atoms with Crippen LogP contribution in [0, 0.1) is 5.82 Å². The molecule has 2 nitrogen and oxygen atoms in total. The molecular weight excluding hydrogens is 255 g/mol. The summed E-state index contributed by atoms with van der Waals surface area (Å²) in [4.78, 5) is 0. The zero-order chi connectivity index (χ0) is 13.2. The summed E-state index contributed by atoms with van der Waals surface area (Å²) >= 11 is 5.93. The van der Waals surface area contributed by atoms with Gasteiger partial charge in [0.05, 0.1) is 16.7 Å². The molecule has 0 bridgehead atoms. The highest BCUT2D eigenvalue weighted by Gasteiger charge is 2.35. The number of aliphatic hydroxyl groups is 1. The third-order valence-electron chi connectivity index (χ3n) is 3.66. The molecule has 0 heterocycles. The van der Waals surface area contributed by atoms with Crippen molar-refractivity contribution in [2.45, 2.75) is 43.8 Å². The highest BCUT2D eigenvalue weighted by molar-refractivity contribution is 6.31. The monoisotopic (exact) mass is 272 g/mol. The second-order valence-electron chi connectivity index (χ2n) is 5.07. The van der Waals surface area contributed by atoms with Crippen LogP contribution in [0.1, 0.15) is 31.2 Å². The first-order valence-electron chi connectivity index (χ1n) is 6.22. The fourth-order valence-corrected chi connectivity index (χ4v) is 2.88. The van der Waals surface area contributed by atoms with Gasteiger partial charge in [-0.15, -0.1) is 0 Å². The fraction of sp³-hybridized carbons (Fsp3) is 0.571. The summed E-state index contributed by atoms with van der Waals surface area (Å²) in [7, 11) is 1.66. The molecule has 0 radical (unpaired) electrons. The molecule has 1 aliphatic rings. The van der Waals surface area contributed by atoms with E-state index in [1.54, 1.807) is 19.2 Å². The normalized spacial score (nSPS) is 28.3. The Balaban J connectivity index is 2.14. The van der Waals surface area contributed by atoms with Crippen molar-refractivity contribution in [2.75, 3.05) is 7.11 Å². The Morgan fingerprint density at radius 2 is 2.33 bits per heavy atom. The summed E-state index contributed by atoms with van der Waals surface area (Å²) in [6.07, 6.45) is 3.63. The number of methoxy groups -OCH3 is 1. The molecule has 1 fully saturated rings. The zero-order valence-corrected chi connectivity index (χ0v) is 11.2. The Bertz CT molecular complexity index is 424. The van der Waals surface area contributed by atoms with Crippen LogP contribution in [-0.2, 0) is 11.2 Å². The van der Waals surface area contributed by atoms with E-state index in [0.717, 1.165) is 12.8 Å². The lowest BCUT2D eigenvalue weighted by Gasteiger charge is -2.36. The summed E-state index contributed by atoms with van der Waals surface area (Å²) < 4.78 is 18.7. The highest BCUT2D eigenvalue weighted by Crippen LogP contribution is 2.34. The van der Waals surface area contributed by atoms with E-state index in [1.807, 2.05) is 0 Å². The summed E-state index contributed by atoms with van der Waals surface area (Å²) in [5.41, 5.74) is -0.174. The fourth-order valence-electron chi connectivity index (χ4n) is 2.69. The Labute approximate surface area is 112 Å². The van der Waals surface area contributed by atoms with Crippen LogP contribution in [0.4, 0.5) is 4.39 Å². The van der Waals surface area contributed by atoms with Crippen LogP contribution in [-0.4, -0.2) is 23.9 Å². The molecule has 0 aliphatic heterocycles. The summed E-state index contributed by atoms with van der Waals surface area (Å²) in [5, 5.41) is 10.7. The number of ether oxygens (including phenoxy) is 1. The lowest BCUT2D eigenvalue weighted by molar-refractivity contribution is -0.0581. The van der Waals surface area contributed by atoms with Crippen molar-refractivity contribution >= 4 is 11.6 Å². The molecule has 2 atom stereocenters. The van der Waals surface area contributed by atoms with E-state index in [9.17, 15) is 9.50 Å². The first-order chi connectivity index (χ1) is 8.54. The molecule has 0 spiro atoms. The largest absolute Gasteiger partial charge is 0.389 e. The molecule has 2 rings (SSSR count). The predicted molar refractivity (Wildman–Crippen MR) is 69.3 cm³/mol. The molecule has 1 N–H and O–H groups in total. The van der Waals surface area contributed by atoms with Crippen LogP contribution in [0.25, 0.3) is 0 Å². The van der Waals surface area contributed by atoms with E-state index < -0.39 is 11.4 Å². The standard InChI is InChI=1S/C14H18ClFO2/c1-18-11-5-3-7-14(17,9-11)8-10-4-2-6-12(16)13(10)15/h2,4,6,11,17H,3,5,7-9H2,1H3. The van der Waals surface area contributed by atoms with Crippen LogP contribution in [0.2, 0.25) is 5.02 Å². The molecule has 18 heavy (non-hydrogen) atoms.